The van der Waals surface area contributed by atoms with E-state index in [0.717, 1.165) is 12.1 Å². The molecule has 0 aliphatic carbocycles. The average molecular weight is 504 g/mol. The van der Waals surface area contributed by atoms with Gasteiger partial charge in [0.15, 0.2) is 0 Å². The lowest BCUT2D eigenvalue weighted by Gasteiger charge is -2.32. The summed E-state index contributed by atoms with van der Waals surface area (Å²) < 4.78 is 73.5. The molecular formula is C22H28F3N3O5S. The van der Waals surface area contributed by atoms with Crippen molar-refractivity contribution in [3.8, 4) is 0 Å². The van der Waals surface area contributed by atoms with E-state index in [-0.39, 0.29) is 6.42 Å². The molecule has 0 fully saturated rings. The molecule has 1 aromatic carbocycles. The number of aryl methyl sites for hydroxylation is 1. The van der Waals surface area contributed by atoms with Crippen LogP contribution in [0.25, 0.3) is 0 Å². The van der Waals surface area contributed by atoms with Gasteiger partial charge >= 0.3 is 12.1 Å². The molecule has 1 aromatic heterocycles. The van der Waals surface area contributed by atoms with Gasteiger partial charge in [-0.25, -0.2) is 17.7 Å². The van der Waals surface area contributed by atoms with Crippen molar-refractivity contribution < 1.29 is 35.9 Å². The van der Waals surface area contributed by atoms with Crippen LogP contribution in [0.2, 0.25) is 0 Å². The van der Waals surface area contributed by atoms with Crippen molar-refractivity contribution in [2.75, 3.05) is 6.61 Å². The van der Waals surface area contributed by atoms with E-state index in [1.54, 1.807) is 25.5 Å². The molecule has 0 saturated heterocycles. The van der Waals surface area contributed by atoms with E-state index in [9.17, 15) is 31.2 Å². The maximum Gasteiger partial charge on any atom is 0.416 e. The van der Waals surface area contributed by atoms with E-state index in [4.69, 9.17) is 4.74 Å². The molecule has 34 heavy (non-hydrogen) atoms. The molecule has 0 bridgehead atoms. The Labute approximate surface area is 196 Å². The summed E-state index contributed by atoms with van der Waals surface area (Å²) in [5.74, 6) is -2.62. The molecule has 188 valence electrons. The van der Waals surface area contributed by atoms with Crippen LogP contribution in [0.3, 0.4) is 0 Å². The van der Waals surface area contributed by atoms with Crippen LogP contribution in [-0.4, -0.2) is 46.8 Å². The highest BCUT2D eigenvalue weighted by molar-refractivity contribution is 7.89. The number of hydrogen-bond donors (Lipinski definition) is 0. The Balaban J connectivity index is 2.56. The molecule has 1 amide bonds. The minimum Gasteiger partial charge on any atom is -0.463 e. The van der Waals surface area contributed by atoms with Crippen LogP contribution in [0.4, 0.5) is 13.2 Å². The number of alkyl halides is 3. The van der Waals surface area contributed by atoms with Crippen molar-refractivity contribution in [2.45, 2.75) is 51.2 Å². The summed E-state index contributed by atoms with van der Waals surface area (Å²) in [7, 11) is -2.92. The molecule has 0 saturated carbocycles. The van der Waals surface area contributed by atoms with Crippen molar-refractivity contribution in [2.24, 2.45) is 18.9 Å². The molecule has 2 aromatic rings. The Morgan fingerprint density at radius 3 is 2.12 bits per heavy atom. The third-order valence-electron chi connectivity index (χ3n) is 5.03. The number of benzene rings is 1. The molecule has 8 nitrogen and oxygen atoms in total. The first kappa shape index (κ1) is 27.4. The van der Waals surface area contributed by atoms with Crippen LogP contribution in [0.15, 0.2) is 41.7 Å². The maximum absolute atomic E-state index is 13.5. The highest BCUT2D eigenvalue weighted by Gasteiger charge is 2.39. The van der Waals surface area contributed by atoms with Crippen molar-refractivity contribution in [1.82, 2.24) is 13.9 Å². The van der Waals surface area contributed by atoms with Crippen LogP contribution in [-0.2, 0) is 44.0 Å². The van der Waals surface area contributed by atoms with Crippen LogP contribution in [0.5, 0.6) is 0 Å². The lowest BCUT2D eigenvalue weighted by molar-refractivity contribution is -0.150. The number of halogens is 3. The Bertz CT molecular complexity index is 1110. The number of hydrogen-bond acceptors (Lipinski definition) is 6. The highest BCUT2D eigenvalue weighted by atomic mass is 32.2. The van der Waals surface area contributed by atoms with E-state index in [0.29, 0.717) is 22.1 Å². The molecular weight excluding hydrogens is 475 g/mol. The second kappa shape index (κ2) is 10.6. The summed E-state index contributed by atoms with van der Waals surface area (Å²) >= 11 is 0. The van der Waals surface area contributed by atoms with E-state index in [1.807, 2.05) is 0 Å². The largest absolute Gasteiger partial charge is 0.463 e. The Hall–Kier alpha value is -2.89. The number of carbonyl (C=O) groups is 2. The van der Waals surface area contributed by atoms with Crippen molar-refractivity contribution in [1.29, 1.82) is 0 Å². The van der Waals surface area contributed by atoms with Crippen LogP contribution < -0.4 is 0 Å². The number of amides is 1. The summed E-state index contributed by atoms with van der Waals surface area (Å²) in [6.07, 6.45) is -1.70. The van der Waals surface area contributed by atoms with Crippen molar-refractivity contribution in [3.63, 3.8) is 0 Å². The second-order valence-electron chi connectivity index (χ2n) is 8.45. The first-order chi connectivity index (χ1) is 15.7. The molecule has 0 spiro atoms. The fraction of sp³-hybridized carbons (Fsp3) is 0.500. The van der Waals surface area contributed by atoms with Crippen LogP contribution in [0, 0.1) is 11.8 Å². The number of imidazole rings is 1. The van der Waals surface area contributed by atoms with Gasteiger partial charge in [-0.3, -0.25) is 9.59 Å². The summed E-state index contributed by atoms with van der Waals surface area (Å²) in [6, 6.07) is 1.74. The zero-order valence-electron chi connectivity index (χ0n) is 19.5. The molecule has 1 heterocycles. The predicted molar refractivity (Wildman–Crippen MR) is 117 cm³/mol. The van der Waals surface area contributed by atoms with E-state index in [2.05, 4.69) is 4.98 Å². The Kier molecular flexibility index (Phi) is 8.51. The van der Waals surface area contributed by atoms with Gasteiger partial charge in [0.25, 0.3) is 10.0 Å². The standard InChI is InChI=1S/C22H28F3N3O5S/c1-14(2)20(29)28(34(31,32)19-8-6-16(7-9-19)22(23,24)25)18(12-33-21(30)15(3)4)10-17-11-26-13-27(17)5/h6-9,11,13-15,18H,10,12H2,1-5H3/t18-/m0/s1. The normalized spacial score (nSPS) is 13.2. The predicted octanol–water partition coefficient (Wildman–Crippen LogP) is 3.42. The minimum absolute atomic E-state index is 0.0276. The van der Waals surface area contributed by atoms with Gasteiger partial charge in [0.1, 0.15) is 6.61 Å². The molecule has 0 N–H and O–H groups in total. The van der Waals surface area contributed by atoms with Crippen molar-refractivity contribution in [3.05, 3.63) is 48.0 Å². The van der Waals surface area contributed by atoms with Crippen LogP contribution >= 0.6 is 0 Å². The lowest BCUT2D eigenvalue weighted by Crippen LogP contribution is -2.50. The summed E-state index contributed by atoms with van der Waals surface area (Å²) in [5, 5.41) is 0. The smallest absolute Gasteiger partial charge is 0.416 e. The number of carbonyl (C=O) groups excluding carboxylic acids is 2. The summed E-state index contributed by atoms with van der Waals surface area (Å²) in [6.45, 7) is 5.78. The number of rotatable bonds is 9. The number of aromatic nitrogens is 2. The Morgan fingerprint density at radius 1 is 1.09 bits per heavy atom. The monoisotopic (exact) mass is 503 g/mol. The molecule has 0 radical (unpaired) electrons. The Morgan fingerprint density at radius 2 is 1.68 bits per heavy atom. The molecule has 12 heteroatoms. The van der Waals surface area contributed by atoms with Gasteiger partial charge in [-0.15, -0.1) is 0 Å². The molecule has 0 aliphatic rings. The highest BCUT2D eigenvalue weighted by Crippen LogP contribution is 2.31. The maximum atomic E-state index is 13.5. The van der Waals surface area contributed by atoms with E-state index >= 15 is 0 Å². The van der Waals surface area contributed by atoms with Crippen molar-refractivity contribution >= 4 is 21.9 Å². The molecule has 0 unspecified atom stereocenters. The third kappa shape index (κ3) is 6.37. The first-order valence-electron chi connectivity index (χ1n) is 10.5. The fourth-order valence-corrected chi connectivity index (χ4v) is 4.74. The van der Waals surface area contributed by atoms with Gasteiger partial charge in [0.05, 0.1) is 28.7 Å². The van der Waals surface area contributed by atoms with Crippen LogP contribution in [0.1, 0.15) is 39.0 Å². The van der Waals surface area contributed by atoms with Gasteiger partial charge < -0.3 is 9.30 Å². The third-order valence-corrected chi connectivity index (χ3v) is 6.90. The number of ether oxygens (including phenoxy) is 1. The van der Waals surface area contributed by atoms with Gasteiger partial charge in [-0.2, -0.15) is 13.2 Å². The molecule has 2 rings (SSSR count). The summed E-state index contributed by atoms with van der Waals surface area (Å²) in [5.41, 5.74) is -0.458. The minimum atomic E-state index is -4.65. The first-order valence-corrected chi connectivity index (χ1v) is 12.0. The average Bonchev–Trinajstić information content (AvgIpc) is 3.15. The molecule has 1 atom stereocenters. The SMILES string of the molecule is CC(C)C(=O)OC[C@H](Cc1cncn1C)N(C(=O)C(C)C)S(=O)(=O)c1ccc(C(F)(F)F)cc1. The molecule has 0 aliphatic heterocycles. The fourth-order valence-electron chi connectivity index (χ4n) is 3.06. The lowest BCUT2D eigenvalue weighted by atomic mass is 10.1. The number of sulfonamides is 1. The van der Waals surface area contributed by atoms with E-state index in [1.165, 1.54) is 26.4 Å². The number of esters is 1. The van der Waals surface area contributed by atoms with Gasteiger partial charge in [-0.05, 0) is 24.3 Å². The van der Waals surface area contributed by atoms with Gasteiger partial charge in [-0.1, -0.05) is 27.7 Å². The zero-order chi connectivity index (χ0) is 25.8. The quantitative estimate of drug-likeness (QED) is 0.487. The second-order valence-corrected chi connectivity index (χ2v) is 10.3. The van der Waals surface area contributed by atoms with Gasteiger partial charge in [0, 0.05) is 31.3 Å². The van der Waals surface area contributed by atoms with E-state index < -0.39 is 63.0 Å². The van der Waals surface area contributed by atoms with Gasteiger partial charge in [0.2, 0.25) is 5.91 Å². The zero-order valence-corrected chi connectivity index (χ0v) is 20.4. The summed E-state index contributed by atoms with van der Waals surface area (Å²) in [4.78, 5) is 28.7. The topological polar surface area (TPSA) is 98.6 Å². The number of nitrogens with zero attached hydrogens (tertiary/aromatic N) is 3.